The fraction of sp³-hybridized carbons (Fsp3) is 0.364. The third-order valence-corrected chi connectivity index (χ3v) is 8.23. The largest absolute Gasteiger partial charge is 0.481 e. The smallest absolute Gasteiger partial charge is 0.307 e. The highest BCUT2D eigenvalue weighted by molar-refractivity contribution is 7.99. The van der Waals surface area contributed by atoms with Crippen molar-refractivity contribution in [1.82, 2.24) is 0 Å². The Labute approximate surface area is 226 Å². The summed E-state index contributed by atoms with van der Waals surface area (Å²) in [6, 6.07) is 15.3. The third kappa shape index (κ3) is 5.80. The number of aryl methyl sites for hydroxylation is 1. The summed E-state index contributed by atoms with van der Waals surface area (Å²) < 4.78 is 2.34. The number of nitrogens with zero attached hydrogens (tertiary/aromatic N) is 1. The van der Waals surface area contributed by atoms with Crippen molar-refractivity contribution >= 4 is 29.7 Å². The predicted molar refractivity (Wildman–Crippen MR) is 160 cm³/mol. The summed E-state index contributed by atoms with van der Waals surface area (Å²) in [6.07, 6.45) is 13.0. The molecule has 0 bridgehead atoms. The second-order valence-electron chi connectivity index (χ2n) is 10.2. The van der Waals surface area contributed by atoms with Crippen molar-refractivity contribution in [2.75, 3.05) is 10.6 Å². The van der Waals surface area contributed by atoms with Gasteiger partial charge in [-0.2, -0.15) is 0 Å². The molecule has 0 unspecified atom stereocenters. The van der Waals surface area contributed by atoms with Crippen molar-refractivity contribution in [2.45, 2.75) is 72.8 Å². The minimum Gasteiger partial charge on any atom is -0.481 e. The Balaban J connectivity index is 1.84. The maximum absolute atomic E-state index is 12.0. The number of carboxylic acid groups (broad SMARTS) is 1. The van der Waals surface area contributed by atoms with Crippen molar-refractivity contribution in [3.05, 3.63) is 81.9 Å². The van der Waals surface area contributed by atoms with Gasteiger partial charge in [-0.25, -0.2) is 0 Å². The van der Waals surface area contributed by atoms with Crippen LogP contribution < -0.4 is 4.31 Å². The van der Waals surface area contributed by atoms with E-state index in [1.54, 1.807) is 11.9 Å². The second-order valence-corrected chi connectivity index (χ2v) is 11.0. The Kier molecular flexibility index (Phi) is 8.81. The number of benzene rings is 3. The average Bonchev–Trinajstić information content (AvgIpc) is 2.88. The van der Waals surface area contributed by atoms with Gasteiger partial charge in [-0.05, 0) is 84.2 Å². The number of carbonyl (C=O) groups is 1. The van der Waals surface area contributed by atoms with Crippen LogP contribution in [0.1, 0.15) is 72.4 Å². The van der Waals surface area contributed by atoms with Crippen LogP contribution in [0.2, 0.25) is 0 Å². The van der Waals surface area contributed by atoms with Gasteiger partial charge in [0.1, 0.15) is 0 Å². The molecular weight excluding hydrogens is 474 g/mol. The van der Waals surface area contributed by atoms with Gasteiger partial charge in [0, 0.05) is 11.8 Å². The highest BCUT2D eigenvalue weighted by Crippen LogP contribution is 2.50. The van der Waals surface area contributed by atoms with E-state index in [-0.39, 0.29) is 6.42 Å². The number of allylic oxidation sites excluding steroid dienone is 1. The summed E-state index contributed by atoms with van der Waals surface area (Å²) in [4.78, 5) is 12.0. The molecule has 1 N–H and O–H groups in total. The Morgan fingerprint density at radius 1 is 1.00 bits per heavy atom. The minimum atomic E-state index is -0.797. The molecule has 1 aliphatic rings. The summed E-state index contributed by atoms with van der Waals surface area (Å²) >= 11 is 1.71. The molecule has 194 valence electrons. The molecule has 3 nitrogen and oxygen atoms in total. The number of rotatable bonds is 10. The molecule has 0 amide bonds. The van der Waals surface area contributed by atoms with E-state index in [0.29, 0.717) is 0 Å². The van der Waals surface area contributed by atoms with Gasteiger partial charge in [-0.1, -0.05) is 92.2 Å². The number of hydrogen-bond donors (Lipinski definition) is 1. The predicted octanol–water partition coefficient (Wildman–Crippen LogP) is 9.15. The van der Waals surface area contributed by atoms with Crippen molar-refractivity contribution in [1.29, 1.82) is 0 Å². The van der Waals surface area contributed by atoms with Crippen molar-refractivity contribution in [3.8, 4) is 22.3 Å². The van der Waals surface area contributed by atoms with Crippen LogP contribution in [0.4, 0.5) is 5.69 Å². The van der Waals surface area contributed by atoms with E-state index in [2.05, 4.69) is 92.9 Å². The fourth-order valence-electron chi connectivity index (χ4n) is 5.56. The summed E-state index contributed by atoms with van der Waals surface area (Å²) in [5.74, 6) is -0.797. The molecule has 4 heteroatoms. The molecule has 4 rings (SSSR count). The number of fused-ring (bicyclic) bond motifs is 3. The molecule has 0 saturated carbocycles. The molecule has 0 radical (unpaired) electrons. The number of carboxylic acids is 1. The van der Waals surface area contributed by atoms with Crippen LogP contribution in [0, 0.1) is 20.8 Å². The number of anilines is 1. The molecule has 0 saturated heterocycles. The maximum Gasteiger partial charge on any atom is 0.307 e. The Bertz CT molecular complexity index is 1310. The summed E-state index contributed by atoms with van der Waals surface area (Å²) in [6.45, 7) is 9.39. The number of aliphatic carboxylic acids is 1. The van der Waals surface area contributed by atoms with Gasteiger partial charge >= 0.3 is 5.97 Å². The molecule has 0 atom stereocenters. The molecule has 37 heavy (non-hydrogen) atoms. The lowest BCUT2D eigenvalue weighted by molar-refractivity contribution is -0.136. The minimum absolute atomic E-state index is 0.0141. The Hall–Kier alpha value is -2.98. The average molecular weight is 514 g/mol. The van der Waals surface area contributed by atoms with E-state index in [1.165, 1.54) is 53.5 Å². The van der Waals surface area contributed by atoms with Crippen LogP contribution in [0.3, 0.4) is 0 Å². The lowest BCUT2D eigenvalue weighted by Gasteiger charge is -2.36. The second kappa shape index (κ2) is 12.0. The van der Waals surface area contributed by atoms with Crippen LogP contribution >= 0.6 is 11.9 Å². The normalized spacial score (nSPS) is 12.6. The van der Waals surface area contributed by atoms with Gasteiger partial charge in [-0.15, -0.1) is 0 Å². The molecule has 0 aromatic heterocycles. The van der Waals surface area contributed by atoms with Crippen molar-refractivity contribution < 1.29 is 9.90 Å². The highest BCUT2D eigenvalue weighted by atomic mass is 32.2. The van der Waals surface area contributed by atoms with E-state index >= 15 is 0 Å². The maximum atomic E-state index is 12.0. The standard InChI is InChI=1S/C33H39NO2S/c1-6-7-8-9-10-11-12-25-15-18-28-27(19-25)21-34(37-5)33-23(3)29(20-30(35)36)31(24(4)32(28)33)26-16-13-22(2)14-17-26/h11-19H,6-10,20-21H2,1-5H3,(H,35,36)/b12-11+. The zero-order valence-electron chi connectivity index (χ0n) is 22.9. The summed E-state index contributed by atoms with van der Waals surface area (Å²) in [5, 5.41) is 9.82. The van der Waals surface area contributed by atoms with Gasteiger partial charge in [0.15, 0.2) is 0 Å². The first-order valence-electron chi connectivity index (χ1n) is 13.4. The van der Waals surface area contributed by atoms with Crippen LogP contribution in [0.25, 0.3) is 28.3 Å². The molecule has 3 aromatic rings. The third-order valence-electron chi connectivity index (χ3n) is 7.48. The number of hydrogen-bond acceptors (Lipinski definition) is 3. The molecule has 0 spiro atoms. The van der Waals surface area contributed by atoms with Crippen molar-refractivity contribution in [3.63, 3.8) is 0 Å². The first-order chi connectivity index (χ1) is 17.8. The molecule has 0 fully saturated rings. The Morgan fingerprint density at radius 2 is 1.76 bits per heavy atom. The molecule has 1 aliphatic heterocycles. The van der Waals surface area contributed by atoms with Crippen LogP contribution in [0.5, 0.6) is 0 Å². The van der Waals surface area contributed by atoms with Crippen LogP contribution in [-0.4, -0.2) is 17.3 Å². The van der Waals surface area contributed by atoms with Gasteiger partial charge < -0.3 is 9.41 Å². The lowest BCUT2D eigenvalue weighted by atomic mass is 9.80. The zero-order valence-corrected chi connectivity index (χ0v) is 23.7. The van der Waals surface area contributed by atoms with Gasteiger partial charge in [-0.3, -0.25) is 4.79 Å². The lowest BCUT2D eigenvalue weighted by Crippen LogP contribution is -2.22. The summed E-state index contributed by atoms with van der Waals surface area (Å²) in [5.41, 5.74) is 12.7. The van der Waals surface area contributed by atoms with E-state index in [0.717, 1.165) is 46.5 Å². The number of unbranched alkanes of at least 4 members (excludes halogenated alkanes) is 4. The highest BCUT2D eigenvalue weighted by Gasteiger charge is 2.30. The van der Waals surface area contributed by atoms with E-state index in [1.807, 2.05) is 0 Å². The van der Waals surface area contributed by atoms with E-state index in [4.69, 9.17) is 0 Å². The van der Waals surface area contributed by atoms with Gasteiger partial charge in [0.05, 0.1) is 18.7 Å². The van der Waals surface area contributed by atoms with E-state index in [9.17, 15) is 9.90 Å². The molecule has 3 aromatic carbocycles. The summed E-state index contributed by atoms with van der Waals surface area (Å²) in [7, 11) is 0. The zero-order chi connectivity index (χ0) is 26.5. The van der Waals surface area contributed by atoms with Crippen LogP contribution in [0.15, 0.2) is 48.5 Å². The van der Waals surface area contributed by atoms with Crippen molar-refractivity contribution in [2.24, 2.45) is 0 Å². The first kappa shape index (κ1) is 27.1. The fourth-order valence-corrected chi connectivity index (χ4v) is 6.24. The Morgan fingerprint density at radius 3 is 2.43 bits per heavy atom. The topological polar surface area (TPSA) is 40.5 Å². The quantitative estimate of drug-likeness (QED) is 0.217. The monoisotopic (exact) mass is 513 g/mol. The van der Waals surface area contributed by atoms with Crippen LogP contribution in [-0.2, 0) is 17.8 Å². The van der Waals surface area contributed by atoms with E-state index < -0.39 is 5.97 Å². The molecular formula is C33H39NO2S. The van der Waals surface area contributed by atoms with Gasteiger partial charge in [0.25, 0.3) is 0 Å². The van der Waals surface area contributed by atoms with Gasteiger partial charge in [0.2, 0.25) is 0 Å². The first-order valence-corrected chi connectivity index (χ1v) is 14.6. The molecule has 1 heterocycles. The SMILES string of the molecule is CCCCCC/C=C/c1ccc2c(c1)CN(SC)c1c(C)c(CC(=O)O)c(-c3ccc(C)cc3)c(C)c1-2. The molecule has 0 aliphatic carbocycles.